The Hall–Kier alpha value is -3.66. The number of fused-ring (bicyclic) bond motifs is 5. The molecule has 4 heteroatoms. The molecule has 4 nitrogen and oxygen atoms in total. The molecule has 0 amide bonds. The molecule has 0 fully saturated rings. The maximum atomic E-state index is 5.52. The fourth-order valence-corrected chi connectivity index (χ4v) is 5.07. The van der Waals surface area contributed by atoms with Crippen LogP contribution >= 0.6 is 0 Å². The Kier molecular flexibility index (Phi) is 7.08. The highest BCUT2D eigenvalue weighted by atomic mass is 16.5. The molecule has 3 aromatic rings. The highest BCUT2D eigenvalue weighted by Gasteiger charge is 2.11. The SMILES string of the molecule is C1=COCCO1.COc1ccc(Cc2cc3c4c(ccc3c3c2=CCCC=3)=CCCC=4)cc1OC. The van der Waals surface area contributed by atoms with Gasteiger partial charge < -0.3 is 18.9 Å². The minimum atomic E-state index is 0.691. The van der Waals surface area contributed by atoms with E-state index in [-0.39, 0.29) is 0 Å². The molecule has 0 atom stereocenters. The summed E-state index contributed by atoms with van der Waals surface area (Å²) < 4.78 is 20.5. The zero-order chi connectivity index (χ0) is 24.0. The number of hydrogen-bond donors (Lipinski definition) is 0. The standard InChI is InChI=1S/C27H26O2.C4H6O2/c1-28-26-14-11-18(16-27(26)29-2)15-20-17-25-21-8-4-3-7-19(21)12-13-24(25)23-10-6-5-9-22(20)23;1-2-6-4-3-5-1/h7-14,16-17H,3-6,15H2,1-2H3;1-2H,3-4H2. The van der Waals surface area contributed by atoms with Gasteiger partial charge in [-0.05, 0) is 93.1 Å². The molecule has 0 radical (unpaired) electrons. The molecule has 1 heterocycles. The maximum absolute atomic E-state index is 5.52. The zero-order valence-corrected chi connectivity index (χ0v) is 20.5. The van der Waals surface area contributed by atoms with Crippen LogP contribution in [-0.4, -0.2) is 27.4 Å². The second-order valence-electron chi connectivity index (χ2n) is 8.88. The maximum Gasteiger partial charge on any atom is 0.160 e. The van der Waals surface area contributed by atoms with Crippen LogP contribution in [0, 0.1) is 0 Å². The van der Waals surface area contributed by atoms with Gasteiger partial charge in [0, 0.05) is 0 Å². The Morgan fingerprint density at radius 1 is 0.657 bits per heavy atom. The van der Waals surface area contributed by atoms with Gasteiger partial charge in [-0.1, -0.05) is 42.5 Å². The number of rotatable bonds is 4. The molecular formula is C31H32O4. The second-order valence-corrected chi connectivity index (χ2v) is 8.88. The minimum absolute atomic E-state index is 0.691. The first-order chi connectivity index (χ1) is 17.3. The van der Waals surface area contributed by atoms with E-state index in [4.69, 9.17) is 18.9 Å². The van der Waals surface area contributed by atoms with Gasteiger partial charge >= 0.3 is 0 Å². The van der Waals surface area contributed by atoms with Gasteiger partial charge in [0.05, 0.1) is 14.2 Å². The molecule has 2 aliphatic carbocycles. The third-order valence-electron chi connectivity index (χ3n) is 6.72. The van der Waals surface area contributed by atoms with Gasteiger partial charge in [-0.3, -0.25) is 0 Å². The molecule has 6 rings (SSSR count). The van der Waals surface area contributed by atoms with E-state index in [2.05, 4.69) is 54.6 Å². The van der Waals surface area contributed by atoms with Crippen molar-refractivity contribution >= 4 is 35.1 Å². The number of ether oxygens (including phenoxy) is 4. The van der Waals surface area contributed by atoms with Crippen LogP contribution < -0.4 is 30.3 Å². The Balaban J connectivity index is 0.000000371. The molecular weight excluding hydrogens is 436 g/mol. The van der Waals surface area contributed by atoms with Crippen LogP contribution in [0.1, 0.15) is 36.8 Å². The minimum Gasteiger partial charge on any atom is -0.494 e. The lowest BCUT2D eigenvalue weighted by atomic mass is 9.91. The Morgan fingerprint density at radius 2 is 1.34 bits per heavy atom. The summed E-state index contributed by atoms with van der Waals surface area (Å²) in [6.07, 6.45) is 18.1. The van der Waals surface area contributed by atoms with Crippen molar-refractivity contribution in [3.05, 3.63) is 80.9 Å². The quantitative estimate of drug-likeness (QED) is 0.586. The summed E-state index contributed by atoms with van der Waals surface area (Å²) in [6.45, 7) is 1.38. The topological polar surface area (TPSA) is 36.9 Å². The van der Waals surface area contributed by atoms with Crippen molar-refractivity contribution in [1.82, 2.24) is 0 Å². The summed E-state index contributed by atoms with van der Waals surface area (Å²) in [4.78, 5) is 0. The lowest BCUT2D eigenvalue weighted by Crippen LogP contribution is -2.35. The molecule has 180 valence electrons. The number of benzene rings is 3. The number of methoxy groups -OCH3 is 2. The van der Waals surface area contributed by atoms with Gasteiger partial charge in [-0.25, -0.2) is 0 Å². The first kappa shape index (κ1) is 23.1. The summed E-state index contributed by atoms with van der Waals surface area (Å²) in [7, 11) is 3.37. The van der Waals surface area contributed by atoms with Gasteiger partial charge in [-0.2, -0.15) is 0 Å². The van der Waals surface area contributed by atoms with E-state index in [9.17, 15) is 0 Å². The summed E-state index contributed by atoms with van der Waals surface area (Å²) in [6, 6.07) is 13.3. The van der Waals surface area contributed by atoms with E-state index in [1.165, 1.54) is 42.8 Å². The van der Waals surface area contributed by atoms with Gasteiger partial charge in [0.2, 0.25) is 0 Å². The van der Waals surface area contributed by atoms with Crippen LogP contribution in [0.5, 0.6) is 11.5 Å². The van der Waals surface area contributed by atoms with Gasteiger partial charge in [0.25, 0.3) is 0 Å². The zero-order valence-electron chi connectivity index (χ0n) is 20.5. The average molecular weight is 469 g/mol. The van der Waals surface area contributed by atoms with Gasteiger partial charge in [0.1, 0.15) is 25.7 Å². The summed E-state index contributed by atoms with van der Waals surface area (Å²) in [5, 5.41) is 8.37. The van der Waals surface area contributed by atoms with E-state index in [0.29, 0.717) is 13.2 Å². The van der Waals surface area contributed by atoms with E-state index >= 15 is 0 Å². The fraction of sp³-hybridized carbons (Fsp3) is 0.290. The van der Waals surface area contributed by atoms with Crippen molar-refractivity contribution in [3.63, 3.8) is 0 Å². The lowest BCUT2D eigenvalue weighted by molar-refractivity contribution is 0.108. The Bertz CT molecular complexity index is 1490. The molecule has 0 bridgehead atoms. The second kappa shape index (κ2) is 10.7. The average Bonchev–Trinajstić information content (AvgIpc) is 2.94. The first-order valence-electron chi connectivity index (χ1n) is 12.3. The van der Waals surface area contributed by atoms with Crippen LogP contribution in [0.25, 0.3) is 35.1 Å². The van der Waals surface area contributed by atoms with E-state index in [1.807, 2.05) is 6.07 Å². The number of hydrogen-bond acceptors (Lipinski definition) is 4. The monoisotopic (exact) mass is 468 g/mol. The normalized spacial score (nSPS) is 15.3. The van der Waals surface area contributed by atoms with Crippen LogP contribution in [0.15, 0.2) is 48.9 Å². The van der Waals surface area contributed by atoms with Crippen molar-refractivity contribution in [2.75, 3.05) is 27.4 Å². The van der Waals surface area contributed by atoms with E-state index in [0.717, 1.165) is 43.6 Å². The van der Waals surface area contributed by atoms with Crippen LogP contribution in [0.4, 0.5) is 0 Å². The van der Waals surface area contributed by atoms with Crippen LogP contribution in [0.3, 0.4) is 0 Å². The molecule has 0 aromatic heterocycles. The van der Waals surface area contributed by atoms with Crippen molar-refractivity contribution in [3.8, 4) is 11.5 Å². The third kappa shape index (κ3) is 4.93. The smallest absolute Gasteiger partial charge is 0.160 e. The predicted molar refractivity (Wildman–Crippen MR) is 142 cm³/mol. The molecule has 0 saturated carbocycles. The van der Waals surface area contributed by atoms with E-state index < -0.39 is 0 Å². The first-order valence-corrected chi connectivity index (χ1v) is 12.3. The van der Waals surface area contributed by atoms with Crippen LogP contribution in [-0.2, 0) is 15.9 Å². The molecule has 0 unspecified atom stereocenters. The largest absolute Gasteiger partial charge is 0.494 e. The molecule has 0 spiro atoms. The van der Waals surface area contributed by atoms with E-state index in [1.54, 1.807) is 26.7 Å². The summed E-state index contributed by atoms with van der Waals surface area (Å²) in [5.41, 5.74) is 2.63. The predicted octanol–water partition coefficient (Wildman–Crippen LogP) is 3.66. The molecule has 1 aliphatic heterocycles. The molecule has 0 saturated heterocycles. The molecule has 3 aliphatic rings. The van der Waals surface area contributed by atoms with Gasteiger partial charge in [-0.15, -0.1) is 0 Å². The highest BCUT2D eigenvalue weighted by molar-refractivity contribution is 5.87. The Labute approximate surface area is 206 Å². The lowest BCUT2D eigenvalue weighted by Gasteiger charge is -2.14. The van der Waals surface area contributed by atoms with Crippen molar-refractivity contribution < 1.29 is 18.9 Å². The molecule has 3 aromatic carbocycles. The van der Waals surface area contributed by atoms with Crippen molar-refractivity contribution in [2.45, 2.75) is 32.1 Å². The summed E-state index contributed by atoms with van der Waals surface area (Å²) >= 11 is 0. The highest BCUT2D eigenvalue weighted by Crippen LogP contribution is 2.28. The van der Waals surface area contributed by atoms with Crippen molar-refractivity contribution in [1.29, 1.82) is 0 Å². The van der Waals surface area contributed by atoms with Gasteiger partial charge in [0.15, 0.2) is 11.5 Å². The fourth-order valence-electron chi connectivity index (χ4n) is 5.07. The third-order valence-corrected chi connectivity index (χ3v) is 6.72. The molecule has 0 N–H and O–H groups in total. The van der Waals surface area contributed by atoms with Crippen molar-refractivity contribution in [2.24, 2.45) is 0 Å². The Morgan fingerprint density at radius 3 is 2.03 bits per heavy atom. The van der Waals surface area contributed by atoms with Crippen LogP contribution in [0.2, 0.25) is 0 Å². The molecule has 35 heavy (non-hydrogen) atoms. The summed E-state index contributed by atoms with van der Waals surface area (Å²) in [5.74, 6) is 1.56.